The summed E-state index contributed by atoms with van der Waals surface area (Å²) in [5.41, 5.74) is 1.35. The van der Waals surface area contributed by atoms with Crippen LogP contribution < -0.4 is 4.74 Å². The van der Waals surface area contributed by atoms with E-state index in [2.05, 4.69) is 10.2 Å². The Labute approximate surface area is 168 Å². The number of aromatic nitrogens is 2. The van der Waals surface area contributed by atoms with Crippen molar-refractivity contribution in [1.82, 2.24) is 15.1 Å². The van der Waals surface area contributed by atoms with Crippen LogP contribution in [0.15, 0.2) is 36.7 Å². The van der Waals surface area contributed by atoms with Crippen LogP contribution in [-0.2, 0) is 4.74 Å². The molecule has 0 aliphatic carbocycles. The lowest BCUT2D eigenvalue weighted by Crippen LogP contribution is -2.57. The summed E-state index contributed by atoms with van der Waals surface area (Å²) >= 11 is 6.23. The third-order valence-electron chi connectivity index (χ3n) is 6.32. The number of amides is 1. The zero-order chi connectivity index (χ0) is 19.1. The second kappa shape index (κ2) is 7.01. The zero-order valence-corrected chi connectivity index (χ0v) is 16.3. The molecule has 28 heavy (non-hydrogen) atoms. The Bertz CT molecular complexity index is 884. The van der Waals surface area contributed by atoms with Gasteiger partial charge in [0.2, 0.25) is 0 Å². The number of carbonyl (C=O) groups is 1. The Balaban J connectivity index is 1.40. The van der Waals surface area contributed by atoms with Gasteiger partial charge in [0.1, 0.15) is 11.4 Å². The number of likely N-dealkylation sites (tertiary alicyclic amines) is 1. The highest BCUT2D eigenvalue weighted by atomic mass is 35.5. The summed E-state index contributed by atoms with van der Waals surface area (Å²) in [6, 6.07) is 7.50. The fourth-order valence-electron chi connectivity index (χ4n) is 4.92. The number of halogens is 1. The van der Waals surface area contributed by atoms with Crippen LogP contribution in [0.3, 0.4) is 0 Å². The Hall–Kier alpha value is -2.18. The molecule has 0 bridgehead atoms. The molecule has 146 valence electrons. The maximum Gasteiger partial charge on any atom is 0.255 e. The second-order valence-electron chi connectivity index (χ2n) is 7.81. The molecule has 0 unspecified atom stereocenters. The van der Waals surface area contributed by atoms with Crippen molar-refractivity contribution in [2.75, 3.05) is 19.7 Å². The number of benzene rings is 1. The molecule has 5 rings (SSSR count). The SMILES string of the molecule is O=C(c1ccnnc1)N1CCC2(CC1)Oc1ccc(Cl)cc1[C@H]1OCCC[C@@H]12. The summed E-state index contributed by atoms with van der Waals surface area (Å²) in [5.74, 6) is 1.15. The lowest BCUT2D eigenvalue weighted by Gasteiger charge is -2.53. The van der Waals surface area contributed by atoms with E-state index in [1.807, 2.05) is 23.1 Å². The Morgan fingerprint density at radius 1 is 1.21 bits per heavy atom. The summed E-state index contributed by atoms with van der Waals surface area (Å²) < 4.78 is 12.8. The molecule has 0 saturated carbocycles. The van der Waals surface area contributed by atoms with Crippen molar-refractivity contribution in [3.8, 4) is 5.75 Å². The van der Waals surface area contributed by atoms with Crippen LogP contribution >= 0.6 is 11.6 Å². The normalized spacial score (nSPS) is 25.5. The van der Waals surface area contributed by atoms with Crippen LogP contribution in [0, 0.1) is 5.92 Å². The Morgan fingerprint density at radius 3 is 2.86 bits per heavy atom. The van der Waals surface area contributed by atoms with Crippen LogP contribution in [0.25, 0.3) is 0 Å². The van der Waals surface area contributed by atoms with Crippen LogP contribution in [0.5, 0.6) is 5.75 Å². The van der Waals surface area contributed by atoms with Crippen LogP contribution in [-0.4, -0.2) is 46.3 Å². The predicted molar refractivity (Wildman–Crippen MR) is 103 cm³/mol. The lowest BCUT2D eigenvalue weighted by atomic mass is 9.70. The Kier molecular flexibility index (Phi) is 4.48. The fourth-order valence-corrected chi connectivity index (χ4v) is 5.10. The molecular weight excluding hydrogens is 378 g/mol. The van der Waals surface area contributed by atoms with Gasteiger partial charge in [-0.3, -0.25) is 4.79 Å². The minimum atomic E-state index is -0.292. The van der Waals surface area contributed by atoms with Crippen molar-refractivity contribution in [3.05, 3.63) is 52.8 Å². The van der Waals surface area contributed by atoms with Gasteiger partial charge in [0.15, 0.2) is 0 Å². The molecular formula is C21H22ClN3O3. The number of rotatable bonds is 1. The van der Waals surface area contributed by atoms with E-state index in [4.69, 9.17) is 21.1 Å². The molecule has 2 atom stereocenters. The van der Waals surface area contributed by atoms with Crippen molar-refractivity contribution in [3.63, 3.8) is 0 Å². The molecule has 1 aromatic carbocycles. The van der Waals surface area contributed by atoms with E-state index in [0.29, 0.717) is 23.7 Å². The molecule has 1 aromatic heterocycles. The maximum atomic E-state index is 12.8. The van der Waals surface area contributed by atoms with Crippen molar-refractivity contribution < 1.29 is 14.3 Å². The van der Waals surface area contributed by atoms with Gasteiger partial charge in [-0.1, -0.05) is 11.6 Å². The topological polar surface area (TPSA) is 64.6 Å². The van der Waals surface area contributed by atoms with Gasteiger partial charge >= 0.3 is 0 Å². The number of fused-ring (bicyclic) bond motifs is 4. The van der Waals surface area contributed by atoms with E-state index < -0.39 is 0 Å². The highest BCUT2D eigenvalue weighted by molar-refractivity contribution is 6.30. The summed E-state index contributed by atoms with van der Waals surface area (Å²) in [7, 11) is 0. The molecule has 2 saturated heterocycles. The summed E-state index contributed by atoms with van der Waals surface area (Å²) in [5, 5.41) is 8.28. The third kappa shape index (κ3) is 2.95. The maximum absolute atomic E-state index is 12.8. The quantitative estimate of drug-likeness (QED) is 0.732. The number of nitrogens with zero attached hydrogens (tertiary/aromatic N) is 3. The first-order valence-electron chi connectivity index (χ1n) is 9.82. The summed E-state index contributed by atoms with van der Waals surface area (Å²) in [6.45, 7) is 2.09. The fraction of sp³-hybridized carbons (Fsp3) is 0.476. The van der Waals surface area contributed by atoms with Gasteiger partial charge in [0, 0.05) is 49.0 Å². The highest BCUT2D eigenvalue weighted by Gasteiger charge is 2.52. The molecule has 4 heterocycles. The van der Waals surface area contributed by atoms with Crippen LogP contribution in [0.4, 0.5) is 0 Å². The van der Waals surface area contributed by atoms with Crippen molar-refractivity contribution in [2.45, 2.75) is 37.4 Å². The first-order chi connectivity index (χ1) is 13.7. The molecule has 3 aliphatic heterocycles. The van der Waals surface area contributed by atoms with Gasteiger partial charge in [-0.05, 0) is 37.1 Å². The number of piperidine rings is 1. The monoisotopic (exact) mass is 399 g/mol. The first kappa shape index (κ1) is 17.9. The standard InChI is InChI=1S/C21H22ClN3O3/c22-15-3-4-18-16(12-15)19-17(2-1-11-27-19)21(28-18)6-9-25(10-7-21)20(26)14-5-8-23-24-13-14/h3-5,8,12-13,17,19H,1-2,6-7,9-11H2/t17-,19+/m0/s1. The van der Waals surface area contributed by atoms with Gasteiger partial charge in [-0.15, -0.1) is 0 Å². The van der Waals surface area contributed by atoms with Crippen molar-refractivity contribution >= 4 is 17.5 Å². The number of ether oxygens (including phenoxy) is 2. The molecule has 3 aliphatic rings. The molecule has 2 fully saturated rings. The van der Waals surface area contributed by atoms with Gasteiger partial charge in [0.05, 0.1) is 24.1 Å². The van der Waals surface area contributed by atoms with E-state index in [-0.39, 0.29) is 23.5 Å². The zero-order valence-electron chi connectivity index (χ0n) is 15.5. The number of carbonyl (C=O) groups excluding carboxylic acids is 1. The molecule has 1 amide bonds. The molecule has 7 heteroatoms. The Morgan fingerprint density at radius 2 is 2.07 bits per heavy atom. The molecule has 1 spiro atoms. The number of hydrogen-bond acceptors (Lipinski definition) is 5. The van der Waals surface area contributed by atoms with E-state index in [1.54, 1.807) is 12.3 Å². The van der Waals surface area contributed by atoms with Crippen molar-refractivity contribution in [2.24, 2.45) is 5.92 Å². The van der Waals surface area contributed by atoms with E-state index in [0.717, 1.165) is 43.6 Å². The predicted octanol–water partition coefficient (Wildman–Crippen LogP) is 3.67. The van der Waals surface area contributed by atoms with Gasteiger partial charge in [-0.2, -0.15) is 10.2 Å². The largest absolute Gasteiger partial charge is 0.486 e. The minimum absolute atomic E-state index is 0.00388. The van der Waals surface area contributed by atoms with E-state index in [9.17, 15) is 4.79 Å². The van der Waals surface area contributed by atoms with Crippen LogP contribution in [0.2, 0.25) is 5.02 Å². The minimum Gasteiger partial charge on any atom is -0.486 e. The molecule has 2 aromatic rings. The smallest absolute Gasteiger partial charge is 0.255 e. The molecule has 0 radical (unpaired) electrons. The van der Waals surface area contributed by atoms with Crippen LogP contribution in [0.1, 0.15) is 47.7 Å². The first-order valence-corrected chi connectivity index (χ1v) is 10.2. The van der Waals surface area contributed by atoms with Gasteiger partial charge in [-0.25, -0.2) is 0 Å². The van der Waals surface area contributed by atoms with E-state index >= 15 is 0 Å². The molecule has 6 nitrogen and oxygen atoms in total. The molecule has 0 N–H and O–H groups in total. The van der Waals surface area contributed by atoms with Crippen molar-refractivity contribution in [1.29, 1.82) is 0 Å². The third-order valence-corrected chi connectivity index (χ3v) is 6.55. The van der Waals surface area contributed by atoms with Gasteiger partial charge < -0.3 is 14.4 Å². The summed E-state index contributed by atoms with van der Waals surface area (Å²) in [6.07, 6.45) is 6.78. The number of hydrogen-bond donors (Lipinski definition) is 0. The average molecular weight is 400 g/mol. The van der Waals surface area contributed by atoms with E-state index in [1.165, 1.54) is 6.20 Å². The highest BCUT2D eigenvalue weighted by Crippen LogP contribution is 2.53. The average Bonchev–Trinajstić information content (AvgIpc) is 2.75. The summed E-state index contributed by atoms with van der Waals surface area (Å²) in [4.78, 5) is 14.7. The van der Waals surface area contributed by atoms with Gasteiger partial charge in [0.25, 0.3) is 5.91 Å². The lowest BCUT2D eigenvalue weighted by molar-refractivity contribution is -0.147. The second-order valence-corrected chi connectivity index (χ2v) is 8.25.